The lowest BCUT2D eigenvalue weighted by Gasteiger charge is -2.20. The molecule has 0 saturated carbocycles. The summed E-state index contributed by atoms with van der Waals surface area (Å²) in [6.07, 6.45) is -3.20. The molecule has 0 saturated heterocycles. The molecule has 1 atom stereocenters. The van der Waals surface area contributed by atoms with Gasteiger partial charge in [0.05, 0.1) is 39.6 Å². The Labute approximate surface area is 211 Å². The zero-order valence-electron chi connectivity index (χ0n) is 18.5. The number of amides is 1. The third-order valence-electron chi connectivity index (χ3n) is 5.48. The maximum absolute atomic E-state index is 13.7. The van der Waals surface area contributed by atoms with Crippen molar-refractivity contribution in [2.45, 2.75) is 12.2 Å². The molecule has 1 amide bonds. The largest absolute Gasteiger partial charge is 0.495 e. The lowest BCUT2D eigenvalue weighted by Crippen LogP contribution is -2.27. The fraction of sp³-hybridized carbons (Fsp3) is 0.125. The first-order chi connectivity index (χ1) is 17.2. The summed E-state index contributed by atoms with van der Waals surface area (Å²) in [5.41, 5.74) is 0.277. The summed E-state index contributed by atoms with van der Waals surface area (Å²) in [6.45, 7) is 0. The van der Waals surface area contributed by atoms with Crippen molar-refractivity contribution in [3.05, 3.63) is 76.9 Å². The number of carbonyl (C=O) groups excluding carboxylic acids is 1. The van der Waals surface area contributed by atoms with Crippen LogP contribution in [0.15, 0.2) is 60.8 Å². The van der Waals surface area contributed by atoms with Gasteiger partial charge in [0.25, 0.3) is 5.91 Å². The van der Waals surface area contributed by atoms with E-state index in [0.29, 0.717) is 27.4 Å². The van der Waals surface area contributed by atoms with Crippen LogP contribution in [-0.4, -0.2) is 28.2 Å². The number of halogens is 4. The highest BCUT2D eigenvalue weighted by atomic mass is 35.5. The molecular formula is C24H17ClF3N5O2S. The van der Waals surface area contributed by atoms with Gasteiger partial charge in [-0.05, 0) is 23.8 Å². The number of benzene rings is 3. The molecule has 3 aromatic carbocycles. The molecule has 0 radical (unpaired) electrons. The number of alkyl halides is 3. The fourth-order valence-corrected chi connectivity index (χ4v) is 5.00. The molecule has 12 heteroatoms. The van der Waals surface area contributed by atoms with Crippen LogP contribution in [0.1, 0.15) is 17.2 Å². The quantitative estimate of drug-likeness (QED) is 0.228. The van der Waals surface area contributed by atoms with Gasteiger partial charge in [0.15, 0.2) is 5.13 Å². The first-order valence-electron chi connectivity index (χ1n) is 10.5. The van der Waals surface area contributed by atoms with E-state index in [0.717, 1.165) is 17.4 Å². The van der Waals surface area contributed by atoms with Gasteiger partial charge in [-0.25, -0.2) is 4.98 Å². The molecule has 1 unspecified atom stereocenters. The topological polar surface area (TPSA) is 91.9 Å². The summed E-state index contributed by atoms with van der Waals surface area (Å²) in [7, 11) is 1.48. The number of aromatic nitrogens is 3. The van der Waals surface area contributed by atoms with Crippen molar-refractivity contribution in [3.8, 4) is 5.75 Å². The van der Waals surface area contributed by atoms with Gasteiger partial charge in [-0.15, -0.1) is 0 Å². The van der Waals surface area contributed by atoms with E-state index >= 15 is 0 Å². The number of ether oxygens (including phenoxy) is 1. The number of hydrogen-bond donors (Lipinski definition) is 3. The molecule has 0 aliphatic heterocycles. The third-order valence-corrected chi connectivity index (χ3v) is 6.79. The van der Waals surface area contributed by atoms with E-state index in [4.69, 9.17) is 16.3 Å². The van der Waals surface area contributed by atoms with Crippen molar-refractivity contribution in [2.24, 2.45) is 0 Å². The van der Waals surface area contributed by atoms with E-state index in [9.17, 15) is 18.0 Å². The average molecular weight is 532 g/mol. The monoisotopic (exact) mass is 531 g/mol. The van der Waals surface area contributed by atoms with E-state index in [1.54, 1.807) is 42.5 Å². The molecule has 5 aromatic rings. The molecule has 3 N–H and O–H groups in total. The van der Waals surface area contributed by atoms with Gasteiger partial charge in [0.2, 0.25) is 0 Å². The lowest BCUT2D eigenvalue weighted by atomic mass is 10.1. The standard InChI is InChI=1S/C24H17ClF3N5O2S/c1-35-18-9-13(7-8-16(18)25)30-19(12-5-3-2-4-6-12)22(34)32-23-31-20-15(24(26,27)28)10-17-14(11-29-33-17)21(20)36-23/h2-11,19,30H,1H3,(H,29,33)(H,31,32,34). The summed E-state index contributed by atoms with van der Waals surface area (Å²) in [6, 6.07) is 13.9. The molecule has 0 fully saturated rings. The Hall–Kier alpha value is -3.83. The smallest absolute Gasteiger partial charge is 0.418 e. The van der Waals surface area contributed by atoms with Crippen molar-refractivity contribution in [2.75, 3.05) is 17.7 Å². The Balaban J connectivity index is 1.52. The van der Waals surface area contributed by atoms with Crippen LogP contribution in [0.5, 0.6) is 5.75 Å². The summed E-state index contributed by atoms with van der Waals surface area (Å²) < 4.78 is 46.7. The first-order valence-corrected chi connectivity index (χ1v) is 11.7. The predicted molar refractivity (Wildman–Crippen MR) is 134 cm³/mol. The zero-order chi connectivity index (χ0) is 25.4. The normalized spacial score (nSPS) is 12.6. The maximum Gasteiger partial charge on any atom is 0.418 e. The van der Waals surface area contributed by atoms with Gasteiger partial charge < -0.3 is 10.1 Å². The minimum absolute atomic E-state index is 0.0330. The number of anilines is 2. The van der Waals surface area contributed by atoms with E-state index < -0.39 is 23.7 Å². The van der Waals surface area contributed by atoms with E-state index in [-0.39, 0.29) is 20.9 Å². The molecule has 0 aliphatic rings. The van der Waals surface area contributed by atoms with Crippen LogP contribution in [0.4, 0.5) is 24.0 Å². The van der Waals surface area contributed by atoms with Crippen LogP contribution in [0.3, 0.4) is 0 Å². The lowest BCUT2D eigenvalue weighted by molar-refractivity contribution is -0.136. The van der Waals surface area contributed by atoms with Crippen molar-refractivity contribution >= 4 is 60.8 Å². The van der Waals surface area contributed by atoms with Gasteiger partial charge in [-0.1, -0.05) is 53.3 Å². The first kappa shape index (κ1) is 23.9. The van der Waals surface area contributed by atoms with Crippen molar-refractivity contribution in [1.29, 1.82) is 0 Å². The number of nitrogens with one attached hydrogen (secondary N) is 3. The second-order valence-corrected chi connectivity index (χ2v) is 9.18. The van der Waals surface area contributed by atoms with E-state index in [1.807, 2.05) is 6.07 Å². The number of aromatic amines is 1. The molecule has 2 aromatic heterocycles. The van der Waals surface area contributed by atoms with Gasteiger partial charge in [0, 0.05) is 17.1 Å². The summed E-state index contributed by atoms with van der Waals surface area (Å²) in [4.78, 5) is 17.5. The molecule has 0 spiro atoms. The van der Waals surface area contributed by atoms with Crippen molar-refractivity contribution in [1.82, 2.24) is 15.2 Å². The highest BCUT2D eigenvalue weighted by Crippen LogP contribution is 2.41. The van der Waals surface area contributed by atoms with Crippen LogP contribution in [0.2, 0.25) is 5.02 Å². The van der Waals surface area contributed by atoms with Crippen molar-refractivity contribution < 1.29 is 22.7 Å². The predicted octanol–water partition coefficient (Wildman–Crippen LogP) is 6.65. The molecule has 5 rings (SSSR count). The molecule has 0 bridgehead atoms. The van der Waals surface area contributed by atoms with Crippen LogP contribution in [-0.2, 0) is 11.0 Å². The molecule has 7 nitrogen and oxygen atoms in total. The maximum atomic E-state index is 13.7. The van der Waals surface area contributed by atoms with Gasteiger partial charge in [-0.3, -0.25) is 15.2 Å². The van der Waals surface area contributed by atoms with Gasteiger partial charge >= 0.3 is 6.18 Å². The number of thiazole rings is 1. The second kappa shape index (κ2) is 9.32. The summed E-state index contributed by atoms with van der Waals surface area (Å²) >= 11 is 7.06. The van der Waals surface area contributed by atoms with E-state index in [2.05, 4.69) is 25.8 Å². The number of rotatable bonds is 6. The number of H-pyrrole nitrogens is 1. The number of carbonyl (C=O) groups is 1. The molecule has 2 heterocycles. The second-order valence-electron chi connectivity index (χ2n) is 7.78. The van der Waals surface area contributed by atoms with Crippen LogP contribution in [0.25, 0.3) is 21.1 Å². The number of methoxy groups -OCH3 is 1. The zero-order valence-corrected chi connectivity index (χ0v) is 20.1. The molecule has 36 heavy (non-hydrogen) atoms. The molecular weight excluding hydrogens is 515 g/mol. The highest BCUT2D eigenvalue weighted by Gasteiger charge is 2.35. The van der Waals surface area contributed by atoms with Crippen LogP contribution < -0.4 is 15.4 Å². The Morgan fingerprint density at radius 3 is 2.67 bits per heavy atom. The molecule has 0 aliphatic carbocycles. The number of fused-ring (bicyclic) bond motifs is 3. The van der Waals surface area contributed by atoms with Gasteiger partial charge in [0.1, 0.15) is 11.8 Å². The SMILES string of the molecule is COc1cc(NC(C(=O)Nc2nc3c(C(F)(F)F)cc4[nH]ncc4c3s2)c2ccccc2)ccc1Cl. The Kier molecular flexibility index (Phi) is 6.19. The number of nitrogens with zero attached hydrogens (tertiary/aromatic N) is 2. The molecule has 184 valence electrons. The Morgan fingerprint density at radius 1 is 1.17 bits per heavy atom. The third kappa shape index (κ3) is 4.54. The van der Waals surface area contributed by atoms with Crippen LogP contribution in [0, 0.1) is 0 Å². The average Bonchev–Trinajstić information content (AvgIpc) is 3.49. The van der Waals surface area contributed by atoms with Crippen molar-refractivity contribution in [3.63, 3.8) is 0 Å². The highest BCUT2D eigenvalue weighted by molar-refractivity contribution is 7.23. The van der Waals surface area contributed by atoms with E-state index in [1.165, 1.54) is 13.3 Å². The fourth-order valence-electron chi connectivity index (χ4n) is 3.79. The summed E-state index contributed by atoms with van der Waals surface area (Å²) in [5, 5.41) is 13.2. The van der Waals surface area contributed by atoms with Gasteiger partial charge in [-0.2, -0.15) is 18.3 Å². The van der Waals surface area contributed by atoms with Crippen LogP contribution >= 0.6 is 22.9 Å². The minimum Gasteiger partial charge on any atom is -0.495 e. The minimum atomic E-state index is -4.63. The Bertz CT molecular complexity index is 1570. The number of hydrogen-bond acceptors (Lipinski definition) is 6. The summed E-state index contributed by atoms with van der Waals surface area (Å²) in [5.74, 6) is -0.0879. The Morgan fingerprint density at radius 2 is 1.94 bits per heavy atom.